The minimum atomic E-state index is -0.354. The van der Waals surface area contributed by atoms with E-state index in [4.69, 9.17) is 0 Å². The van der Waals surface area contributed by atoms with E-state index >= 15 is 0 Å². The first-order valence-electron chi connectivity index (χ1n) is 7.27. The Hall–Kier alpha value is -2.11. The smallest absolute Gasteiger partial charge is 0.292 e. The summed E-state index contributed by atoms with van der Waals surface area (Å²) in [5.41, 5.74) is 0.771. The van der Waals surface area contributed by atoms with Crippen molar-refractivity contribution < 1.29 is 9.72 Å². The molecule has 0 aliphatic carbocycles. The van der Waals surface area contributed by atoms with E-state index in [2.05, 4.69) is 5.32 Å². The van der Waals surface area contributed by atoms with Gasteiger partial charge in [-0.2, -0.15) is 0 Å². The lowest BCUT2D eigenvalue weighted by atomic mass is 9.95. The number of para-hydroxylation sites is 2. The van der Waals surface area contributed by atoms with Gasteiger partial charge in [-0.15, -0.1) is 0 Å². The number of rotatable bonds is 4. The molecule has 1 heterocycles. The summed E-state index contributed by atoms with van der Waals surface area (Å²) in [5.74, 6) is 0.0960. The van der Waals surface area contributed by atoms with Crippen LogP contribution in [-0.4, -0.2) is 30.0 Å². The first kappa shape index (κ1) is 15.3. The van der Waals surface area contributed by atoms with Gasteiger partial charge in [0.2, 0.25) is 5.91 Å². The summed E-state index contributed by atoms with van der Waals surface area (Å²) in [6, 6.07) is 6.91. The van der Waals surface area contributed by atoms with Crippen LogP contribution >= 0.6 is 0 Å². The zero-order chi connectivity index (χ0) is 15.4. The highest BCUT2D eigenvalue weighted by Crippen LogP contribution is 2.31. The number of carbonyl (C=O) groups is 1. The molecule has 1 aromatic rings. The van der Waals surface area contributed by atoms with Crippen LogP contribution in [0.4, 0.5) is 11.4 Å². The summed E-state index contributed by atoms with van der Waals surface area (Å²) in [6.45, 7) is 5.22. The lowest BCUT2D eigenvalue weighted by Crippen LogP contribution is -2.42. The predicted molar refractivity (Wildman–Crippen MR) is 81.3 cm³/mol. The second-order valence-corrected chi connectivity index (χ2v) is 5.67. The van der Waals surface area contributed by atoms with E-state index in [1.54, 1.807) is 18.2 Å². The highest BCUT2D eigenvalue weighted by atomic mass is 16.6. The fraction of sp³-hybridized carbons (Fsp3) is 0.533. The van der Waals surface area contributed by atoms with Crippen LogP contribution in [0.3, 0.4) is 0 Å². The topological polar surface area (TPSA) is 75.5 Å². The summed E-state index contributed by atoms with van der Waals surface area (Å²) in [7, 11) is 0. The van der Waals surface area contributed by atoms with Crippen LogP contribution in [0.1, 0.15) is 26.7 Å². The summed E-state index contributed by atoms with van der Waals surface area (Å²) in [4.78, 5) is 24.7. The lowest BCUT2D eigenvalue weighted by molar-refractivity contribution is -0.384. The van der Waals surface area contributed by atoms with Crippen molar-refractivity contribution in [1.29, 1.82) is 0 Å². The third-order valence-corrected chi connectivity index (χ3v) is 3.72. The predicted octanol–water partition coefficient (Wildman–Crippen LogP) is 2.34. The fourth-order valence-corrected chi connectivity index (χ4v) is 2.67. The molecule has 21 heavy (non-hydrogen) atoms. The number of piperidine rings is 1. The van der Waals surface area contributed by atoms with Gasteiger partial charge < -0.3 is 10.2 Å². The molecule has 0 atom stereocenters. The Morgan fingerprint density at radius 2 is 1.95 bits per heavy atom. The van der Waals surface area contributed by atoms with Crippen molar-refractivity contribution in [2.24, 2.45) is 5.92 Å². The van der Waals surface area contributed by atoms with Gasteiger partial charge in [0, 0.05) is 31.1 Å². The Labute approximate surface area is 124 Å². The van der Waals surface area contributed by atoms with Gasteiger partial charge in [0.15, 0.2) is 0 Å². The maximum atomic E-state index is 12.0. The number of benzene rings is 1. The van der Waals surface area contributed by atoms with Crippen LogP contribution < -0.4 is 10.2 Å². The van der Waals surface area contributed by atoms with Crippen molar-refractivity contribution in [2.75, 3.05) is 18.0 Å². The molecule has 0 bridgehead atoms. The molecule has 2 rings (SSSR count). The molecular weight excluding hydrogens is 270 g/mol. The molecule has 1 aliphatic heterocycles. The van der Waals surface area contributed by atoms with Crippen molar-refractivity contribution in [3.8, 4) is 0 Å². The fourth-order valence-electron chi connectivity index (χ4n) is 2.67. The van der Waals surface area contributed by atoms with Crippen LogP contribution in [0.2, 0.25) is 0 Å². The van der Waals surface area contributed by atoms with E-state index < -0.39 is 0 Å². The SMILES string of the molecule is CC(C)NC(=O)C1CCN(c2ccccc2[N+](=O)[O-])CC1. The quantitative estimate of drug-likeness (QED) is 0.682. The first-order valence-corrected chi connectivity index (χ1v) is 7.27. The summed E-state index contributed by atoms with van der Waals surface area (Å²) >= 11 is 0. The number of amides is 1. The minimum Gasteiger partial charge on any atom is -0.366 e. The van der Waals surface area contributed by atoms with Crippen LogP contribution in [-0.2, 0) is 4.79 Å². The lowest BCUT2D eigenvalue weighted by Gasteiger charge is -2.32. The van der Waals surface area contributed by atoms with Gasteiger partial charge in [0.25, 0.3) is 5.69 Å². The Balaban J connectivity index is 2.01. The third kappa shape index (κ3) is 3.71. The Bertz CT molecular complexity index is 523. The van der Waals surface area contributed by atoms with Crippen molar-refractivity contribution >= 4 is 17.3 Å². The van der Waals surface area contributed by atoms with E-state index in [0.717, 1.165) is 12.8 Å². The number of hydrogen-bond donors (Lipinski definition) is 1. The minimum absolute atomic E-state index is 0.00594. The van der Waals surface area contributed by atoms with Crippen molar-refractivity contribution in [1.82, 2.24) is 5.32 Å². The normalized spacial score (nSPS) is 16.0. The molecule has 1 aromatic carbocycles. The highest BCUT2D eigenvalue weighted by Gasteiger charge is 2.28. The molecule has 6 nitrogen and oxygen atoms in total. The molecule has 1 fully saturated rings. The van der Waals surface area contributed by atoms with Gasteiger partial charge in [-0.25, -0.2) is 0 Å². The summed E-state index contributed by atoms with van der Waals surface area (Å²) < 4.78 is 0. The van der Waals surface area contributed by atoms with E-state index in [9.17, 15) is 14.9 Å². The first-order chi connectivity index (χ1) is 9.99. The Morgan fingerprint density at radius 1 is 1.33 bits per heavy atom. The molecule has 1 aliphatic rings. The van der Waals surface area contributed by atoms with Crippen LogP contribution in [0.5, 0.6) is 0 Å². The number of nitrogens with zero attached hydrogens (tertiary/aromatic N) is 2. The van der Waals surface area contributed by atoms with E-state index in [0.29, 0.717) is 18.8 Å². The van der Waals surface area contributed by atoms with Gasteiger partial charge in [-0.3, -0.25) is 14.9 Å². The van der Waals surface area contributed by atoms with Gasteiger partial charge in [0.05, 0.1) is 4.92 Å². The maximum Gasteiger partial charge on any atom is 0.292 e. The van der Waals surface area contributed by atoms with Crippen molar-refractivity contribution in [3.05, 3.63) is 34.4 Å². The molecule has 0 aromatic heterocycles. The molecule has 0 radical (unpaired) electrons. The molecule has 1 saturated heterocycles. The van der Waals surface area contributed by atoms with Crippen molar-refractivity contribution in [3.63, 3.8) is 0 Å². The average molecular weight is 291 g/mol. The van der Waals surface area contributed by atoms with Gasteiger partial charge >= 0.3 is 0 Å². The molecule has 1 N–H and O–H groups in total. The monoisotopic (exact) mass is 291 g/mol. The highest BCUT2D eigenvalue weighted by molar-refractivity contribution is 5.79. The number of carbonyl (C=O) groups excluding carboxylic acids is 1. The number of nitro groups is 1. The Morgan fingerprint density at radius 3 is 2.52 bits per heavy atom. The summed E-state index contributed by atoms with van der Waals surface area (Å²) in [5, 5.41) is 14.0. The van der Waals surface area contributed by atoms with Gasteiger partial charge in [0.1, 0.15) is 5.69 Å². The number of nitro benzene ring substituents is 1. The average Bonchev–Trinajstić information content (AvgIpc) is 2.46. The zero-order valence-corrected chi connectivity index (χ0v) is 12.4. The molecular formula is C15H21N3O3. The molecule has 114 valence electrons. The zero-order valence-electron chi connectivity index (χ0n) is 12.4. The molecule has 0 unspecified atom stereocenters. The van der Waals surface area contributed by atoms with Crippen LogP contribution in [0.15, 0.2) is 24.3 Å². The van der Waals surface area contributed by atoms with E-state index in [1.807, 2.05) is 18.7 Å². The van der Waals surface area contributed by atoms with Crippen LogP contribution in [0.25, 0.3) is 0 Å². The summed E-state index contributed by atoms with van der Waals surface area (Å²) in [6.07, 6.45) is 1.45. The maximum absolute atomic E-state index is 12.0. The number of hydrogen-bond acceptors (Lipinski definition) is 4. The van der Waals surface area contributed by atoms with E-state index in [1.165, 1.54) is 6.07 Å². The van der Waals surface area contributed by atoms with E-state index in [-0.39, 0.29) is 28.5 Å². The molecule has 0 saturated carbocycles. The number of anilines is 1. The Kier molecular flexibility index (Phi) is 4.77. The second-order valence-electron chi connectivity index (χ2n) is 5.67. The van der Waals surface area contributed by atoms with Crippen molar-refractivity contribution in [2.45, 2.75) is 32.7 Å². The second kappa shape index (κ2) is 6.56. The number of nitrogens with one attached hydrogen (secondary N) is 1. The van der Waals surface area contributed by atoms with Gasteiger partial charge in [-0.1, -0.05) is 12.1 Å². The largest absolute Gasteiger partial charge is 0.366 e. The molecule has 6 heteroatoms. The standard InChI is InChI=1S/C15H21N3O3/c1-11(2)16-15(19)12-7-9-17(10-8-12)13-5-3-4-6-14(13)18(20)21/h3-6,11-12H,7-10H2,1-2H3,(H,16,19). The van der Waals surface area contributed by atoms with Crippen LogP contribution in [0, 0.1) is 16.0 Å². The molecule has 0 spiro atoms. The third-order valence-electron chi connectivity index (χ3n) is 3.72. The molecule has 1 amide bonds. The van der Waals surface area contributed by atoms with Gasteiger partial charge in [-0.05, 0) is 32.8 Å².